The lowest BCUT2D eigenvalue weighted by Crippen LogP contribution is -2.38. The fraction of sp³-hybridized carbons (Fsp3) is 0.562. The fourth-order valence-corrected chi connectivity index (χ4v) is 1.77. The third kappa shape index (κ3) is 5.77. The maximum atomic E-state index is 12.0. The molecular formula is C16H25NO2. The Labute approximate surface area is 116 Å². The molecule has 0 bridgehead atoms. The summed E-state index contributed by atoms with van der Waals surface area (Å²) in [5.74, 6) is 1.33. The molecule has 1 aromatic carbocycles. The predicted octanol–water partition coefficient (Wildman–Crippen LogP) is 3.31. The maximum absolute atomic E-state index is 12.0. The number of nitrogens with one attached hydrogen (secondary N) is 1. The topological polar surface area (TPSA) is 38.3 Å². The number of carbonyl (C=O) groups excluding carboxylic acids is 1. The molecule has 0 radical (unpaired) electrons. The summed E-state index contributed by atoms with van der Waals surface area (Å²) in [4.78, 5) is 12.0. The van der Waals surface area contributed by atoms with Crippen molar-refractivity contribution in [1.82, 2.24) is 5.32 Å². The lowest BCUT2D eigenvalue weighted by molar-refractivity contribution is -0.128. The van der Waals surface area contributed by atoms with Crippen LogP contribution in [0.1, 0.15) is 39.2 Å². The Morgan fingerprint density at radius 2 is 2.11 bits per heavy atom. The van der Waals surface area contributed by atoms with Crippen LogP contribution in [0.5, 0.6) is 5.75 Å². The van der Waals surface area contributed by atoms with E-state index in [0.717, 1.165) is 17.7 Å². The zero-order valence-electron chi connectivity index (χ0n) is 12.4. The highest BCUT2D eigenvalue weighted by Gasteiger charge is 2.17. The molecule has 106 valence electrons. The standard InChI is InChI=1S/C16H25NO2/c1-5-15(16(18)17-10-9-12(2)3)19-14-8-6-7-13(4)11-14/h6-8,11-12,15H,5,9-10H2,1-4H3,(H,17,18)/t15-/m0/s1. The Morgan fingerprint density at radius 3 is 2.68 bits per heavy atom. The first-order chi connectivity index (χ1) is 9.02. The van der Waals surface area contributed by atoms with E-state index >= 15 is 0 Å². The summed E-state index contributed by atoms with van der Waals surface area (Å²) in [7, 11) is 0. The van der Waals surface area contributed by atoms with Gasteiger partial charge in [0.2, 0.25) is 0 Å². The van der Waals surface area contributed by atoms with Crippen molar-refractivity contribution in [2.45, 2.75) is 46.6 Å². The van der Waals surface area contributed by atoms with E-state index in [4.69, 9.17) is 4.74 Å². The van der Waals surface area contributed by atoms with Crippen LogP contribution in [0.4, 0.5) is 0 Å². The van der Waals surface area contributed by atoms with Gasteiger partial charge >= 0.3 is 0 Å². The number of hydrogen-bond acceptors (Lipinski definition) is 2. The Kier molecular flexibility index (Phi) is 6.40. The van der Waals surface area contributed by atoms with Crippen molar-refractivity contribution < 1.29 is 9.53 Å². The van der Waals surface area contributed by atoms with Gasteiger partial charge in [-0.25, -0.2) is 0 Å². The Bertz CT molecular complexity index is 401. The predicted molar refractivity (Wildman–Crippen MR) is 78.4 cm³/mol. The van der Waals surface area contributed by atoms with Crippen LogP contribution in [-0.2, 0) is 4.79 Å². The Morgan fingerprint density at radius 1 is 1.37 bits per heavy atom. The molecule has 1 atom stereocenters. The van der Waals surface area contributed by atoms with Gasteiger partial charge in [-0.3, -0.25) is 4.79 Å². The van der Waals surface area contributed by atoms with Crippen LogP contribution in [-0.4, -0.2) is 18.6 Å². The quantitative estimate of drug-likeness (QED) is 0.819. The van der Waals surface area contributed by atoms with Crippen molar-refractivity contribution in [1.29, 1.82) is 0 Å². The molecule has 0 fully saturated rings. The van der Waals surface area contributed by atoms with Crippen LogP contribution in [0.3, 0.4) is 0 Å². The summed E-state index contributed by atoms with van der Waals surface area (Å²) in [5, 5.41) is 2.94. The van der Waals surface area contributed by atoms with Gasteiger partial charge in [-0.15, -0.1) is 0 Å². The smallest absolute Gasteiger partial charge is 0.261 e. The van der Waals surface area contributed by atoms with Crippen molar-refractivity contribution >= 4 is 5.91 Å². The largest absolute Gasteiger partial charge is 0.481 e. The first kappa shape index (κ1) is 15.5. The van der Waals surface area contributed by atoms with Gasteiger partial charge in [0.15, 0.2) is 6.10 Å². The molecule has 3 heteroatoms. The Balaban J connectivity index is 2.50. The lowest BCUT2D eigenvalue weighted by atomic mass is 10.1. The van der Waals surface area contributed by atoms with E-state index in [9.17, 15) is 4.79 Å². The average Bonchev–Trinajstić information content (AvgIpc) is 2.35. The van der Waals surface area contributed by atoms with Crippen molar-refractivity contribution in [2.24, 2.45) is 5.92 Å². The van der Waals surface area contributed by atoms with Gasteiger partial charge in [0.25, 0.3) is 5.91 Å². The zero-order valence-corrected chi connectivity index (χ0v) is 12.4. The third-order valence-corrected chi connectivity index (χ3v) is 2.95. The van der Waals surface area contributed by atoms with E-state index in [-0.39, 0.29) is 5.91 Å². The highest BCUT2D eigenvalue weighted by Crippen LogP contribution is 2.15. The summed E-state index contributed by atoms with van der Waals surface area (Å²) in [5.41, 5.74) is 1.13. The molecule has 3 nitrogen and oxygen atoms in total. The van der Waals surface area contributed by atoms with Crippen LogP contribution in [0.25, 0.3) is 0 Å². The van der Waals surface area contributed by atoms with E-state index in [1.165, 1.54) is 0 Å². The van der Waals surface area contributed by atoms with Crippen LogP contribution < -0.4 is 10.1 Å². The highest BCUT2D eigenvalue weighted by atomic mass is 16.5. The molecular weight excluding hydrogens is 238 g/mol. The van der Waals surface area contributed by atoms with Crippen molar-refractivity contribution in [3.8, 4) is 5.75 Å². The minimum atomic E-state index is -0.408. The summed E-state index contributed by atoms with van der Waals surface area (Å²) in [6.45, 7) is 8.97. The molecule has 0 aliphatic carbocycles. The van der Waals surface area contributed by atoms with E-state index in [2.05, 4.69) is 19.2 Å². The number of rotatable bonds is 7. The second kappa shape index (κ2) is 7.82. The fourth-order valence-electron chi connectivity index (χ4n) is 1.77. The van der Waals surface area contributed by atoms with Gasteiger partial charge in [-0.1, -0.05) is 32.9 Å². The minimum Gasteiger partial charge on any atom is -0.481 e. The number of aryl methyl sites for hydroxylation is 1. The number of benzene rings is 1. The van der Waals surface area contributed by atoms with E-state index in [1.54, 1.807) is 0 Å². The first-order valence-corrected chi connectivity index (χ1v) is 7.04. The summed E-state index contributed by atoms with van der Waals surface area (Å²) in [6, 6.07) is 7.78. The summed E-state index contributed by atoms with van der Waals surface area (Å²) < 4.78 is 5.75. The molecule has 1 rings (SSSR count). The number of carbonyl (C=O) groups is 1. The molecule has 0 aliphatic heterocycles. The van der Waals surface area contributed by atoms with E-state index < -0.39 is 6.10 Å². The van der Waals surface area contributed by atoms with Crippen molar-refractivity contribution in [3.63, 3.8) is 0 Å². The molecule has 0 aliphatic rings. The van der Waals surface area contributed by atoms with Crippen LogP contribution in [0.15, 0.2) is 24.3 Å². The van der Waals surface area contributed by atoms with Gasteiger partial charge in [-0.05, 0) is 43.4 Å². The highest BCUT2D eigenvalue weighted by molar-refractivity contribution is 5.81. The Hall–Kier alpha value is -1.51. The third-order valence-electron chi connectivity index (χ3n) is 2.95. The molecule has 0 spiro atoms. The molecule has 1 aromatic rings. The molecule has 19 heavy (non-hydrogen) atoms. The van der Waals surface area contributed by atoms with Crippen LogP contribution in [0.2, 0.25) is 0 Å². The zero-order chi connectivity index (χ0) is 14.3. The van der Waals surface area contributed by atoms with Gasteiger partial charge in [-0.2, -0.15) is 0 Å². The number of ether oxygens (including phenoxy) is 1. The van der Waals surface area contributed by atoms with Gasteiger partial charge in [0.05, 0.1) is 0 Å². The lowest BCUT2D eigenvalue weighted by Gasteiger charge is -2.18. The van der Waals surface area contributed by atoms with Gasteiger partial charge in [0, 0.05) is 6.54 Å². The monoisotopic (exact) mass is 263 g/mol. The van der Waals surface area contributed by atoms with E-state index in [1.807, 2.05) is 38.1 Å². The molecule has 0 unspecified atom stereocenters. The second-order valence-corrected chi connectivity index (χ2v) is 5.30. The molecule has 1 amide bonds. The molecule has 0 heterocycles. The molecule has 1 N–H and O–H groups in total. The summed E-state index contributed by atoms with van der Waals surface area (Å²) >= 11 is 0. The maximum Gasteiger partial charge on any atom is 0.261 e. The van der Waals surface area contributed by atoms with E-state index in [0.29, 0.717) is 18.9 Å². The number of hydrogen-bond donors (Lipinski definition) is 1. The van der Waals surface area contributed by atoms with Crippen LogP contribution in [0, 0.1) is 12.8 Å². The van der Waals surface area contributed by atoms with Crippen molar-refractivity contribution in [3.05, 3.63) is 29.8 Å². The van der Waals surface area contributed by atoms with Crippen LogP contribution >= 0.6 is 0 Å². The average molecular weight is 263 g/mol. The molecule has 0 saturated carbocycles. The molecule has 0 aromatic heterocycles. The SMILES string of the molecule is CC[C@H](Oc1cccc(C)c1)C(=O)NCCC(C)C. The second-order valence-electron chi connectivity index (χ2n) is 5.30. The van der Waals surface area contributed by atoms with Gasteiger partial charge in [0.1, 0.15) is 5.75 Å². The summed E-state index contributed by atoms with van der Waals surface area (Å²) in [6.07, 6.45) is 1.25. The number of amides is 1. The van der Waals surface area contributed by atoms with Gasteiger partial charge < -0.3 is 10.1 Å². The molecule has 0 saturated heterocycles. The first-order valence-electron chi connectivity index (χ1n) is 7.04. The minimum absolute atomic E-state index is 0.0235. The normalized spacial score (nSPS) is 12.3. The van der Waals surface area contributed by atoms with Crippen molar-refractivity contribution in [2.75, 3.05) is 6.54 Å².